The molecule has 0 aromatic heterocycles. The molecular weight excluding hydrogens is 465 g/mol. The SMILES string of the molecule is CCCCCCCCCCCCNC(=O)c1ccc(CN(O)CCc2cccc(C(F)(F)F)c2)cc1. The summed E-state index contributed by atoms with van der Waals surface area (Å²) < 4.78 is 38.5. The van der Waals surface area contributed by atoms with Crippen molar-refractivity contribution < 1.29 is 23.2 Å². The van der Waals surface area contributed by atoms with Crippen LogP contribution in [0.3, 0.4) is 0 Å². The first-order chi connectivity index (χ1) is 17.3. The highest BCUT2D eigenvalue weighted by molar-refractivity contribution is 5.94. The van der Waals surface area contributed by atoms with E-state index >= 15 is 0 Å². The fourth-order valence-electron chi connectivity index (χ4n) is 4.13. The van der Waals surface area contributed by atoms with Gasteiger partial charge in [0, 0.05) is 25.2 Å². The van der Waals surface area contributed by atoms with Crippen molar-refractivity contribution >= 4 is 5.91 Å². The van der Waals surface area contributed by atoms with E-state index in [2.05, 4.69) is 12.2 Å². The largest absolute Gasteiger partial charge is 0.416 e. The third-order valence-corrected chi connectivity index (χ3v) is 6.31. The van der Waals surface area contributed by atoms with Crippen molar-refractivity contribution in [1.82, 2.24) is 10.4 Å². The van der Waals surface area contributed by atoms with Crippen LogP contribution in [0.5, 0.6) is 0 Å². The fourth-order valence-corrected chi connectivity index (χ4v) is 4.13. The van der Waals surface area contributed by atoms with Crippen LogP contribution >= 0.6 is 0 Å². The van der Waals surface area contributed by atoms with Gasteiger partial charge in [0.2, 0.25) is 0 Å². The van der Waals surface area contributed by atoms with Crippen molar-refractivity contribution in [2.45, 2.75) is 90.3 Å². The molecule has 0 heterocycles. The Kier molecular flexibility index (Phi) is 13.6. The molecule has 0 fully saturated rings. The van der Waals surface area contributed by atoms with E-state index in [-0.39, 0.29) is 19.0 Å². The molecule has 0 atom stereocenters. The summed E-state index contributed by atoms with van der Waals surface area (Å²) in [5, 5.41) is 14.2. The molecule has 0 saturated heterocycles. The molecule has 2 aromatic rings. The Morgan fingerprint density at radius 1 is 0.861 bits per heavy atom. The first kappa shape index (κ1) is 29.8. The number of halogens is 3. The van der Waals surface area contributed by atoms with Gasteiger partial charge in [-0.3, -0.25) is 4.79 Å². The smallest absolute Gasteiger partial charge is 0.352 e. The molecule has 1 amide bonds. The molecule has 0 unspecified atom stereocenters. The average molecular weight is 507 g/mol. The Hall–Kier alpha value is -2.38. The maximum absolute atomic E-state index is 12.8. The Labute approximate surface area is 213 Å². The van der Waals surface area contributed by atoms with E-state index in [1.165, 1.54) is 57.4 Å². The van der Waals surface area contributed by atoms with Gasteiger partial charge in [0.05, 0.1) is 5.56 Å². The Balaban J connectivity index is 1.62. The van der Waals surface area contributed by atoms with Crippen molar-refractivity contribution in [3.05, 3.63) is 70.8 Å². The lowest BCUT2D eigenvalue weighted by Gasteiger charge is -2.16. The van der Waals surface area contributed by atoms with E-state index in [1.54, 1.807) is 30.3 Å². The first-order valence-electron chi connectivity index (χ1n) is 13.3. The molecule has 0 saturated carbocycles. The average Bonchev–Trinajstić information content (AvgIpc) is 2.86. The van der Waals surface area contributed by atoms with Crippen LogP contribution in [0.4, 0.5) is 13.2 Å². The summed E-state index contributed by atoms with van der Waals surface area (Å²) in [6.45, 7) is 3.32. The Bertz CT molecular complexity index is 885. The van der Waals surface area contributed by atoms with E-state index in [9.17, 15) is 23.2 Å². The van der Waals surface area contributed by atoms with E-state index in [0.29, 0.717) is 24.1 Å². The molecule has 0 aliphatic rings. The van der Waals surface area contributed by atoms with Crippen LogP contribution in [0.1, 0.15) is 98.2 Å². The van der Waals surface area contributed by atoms with Crippen molar-refractivity contribution in [3.63, 3.8) is 0 Å². The van der Waals surface area contributed by atoms with Crippen LogP contribution in [0.25, 0.3) is 0 Å². The number of carbonyl (C=O) groups excluding carboxylic acids is 1. The topological polar surface area (TPSA) is 52.6 Å². The van der Waals surface area contributed by atoms with Gasteiger partial charge >= 0.3 is 6.18 Å². The Morgan fingerprint density at radius 3 is 2.08 bits per heavy atom. The molecule has 0 bridgehead atoms. The second kappa shape index (κ2) is 16.4. The molecule has 2 rings (SSSR count). The summed E-state index contributed by atoms with van der Waals surface area (Å²) in [7, 11) is 0. The van der Waals surface area contributed by atoms with E-state index in [1.807, 2.05) is 0 Å². The number of hydrogen-bond donors (Lipinski definition) is 2. The number of rotatable bonds is 17. The molecule has 4 nitrogen and oxygen atoms in total. The summed E-state index contributed by atoms with van der Waals surface area (Å²) in [5.41, 5.74) is 1.21. The lowest BCUT2D eigenvalue weighted by molar-refractivity contribution is -0.137. The number of alkyl halides is 3. The van der Waals surface area contributed by atoms with Gasteiger partial charge in [-0.2, -0.15) is 18.2 Å². The molecule has 0 aliphatic heterocycles. The van der Waals surface area contributed by atoms with Crippen LogP contribution in [0, 0.1) is 0 Å². The summed E-state index contributed by atoms with van der Waals surface area (Å²) in [5.74, 6) is -0.108. The zero-order valence-electron chi connectivity index (χ0n) is 21.5. The number of benzene rings is 2. The van der Waals surface area contributed by atoms with Gasteiger partial charge in [0.1, 0.15) is 0 Å². The van der Waals surface area contributed by atoms with Crippen LogP contribution in [0.15, 0.2) is 48.5 Å². The van der Waals surface area contributed by atoms with E-state index in [0.717, 1.165) is 35.6 Å². The van der Waals surface area contributed by atoms with Crippen LogP contribution < -0.4 is 5.32 Å². The van der Waals surface area contributed by atoms with Gasteiger partial charge in [-0.1, -0.05) is 95.0 Å². The molecule has 7 heteroatoms. The van der Waals surface area contributed by atoms with Gasteiger partial charge < -0.3 is 10.5 Å². The number of carbonyl (C=O) groups is 1. The number of unbranched alkanes of at least 4 members (excludes halogenated alkanes) is 9. The summed E-state index contributed by atoms with van der Waals surface area (Å²) in [6, 6.07) is 12.2. The predicted octanol–water partition coefficient (Wildman–Crippen LogP) is 7.79. The maximum Gasteiger partial charge on any atom is 0.416 e. The van der Waals surface area contributed by atoms with Crippen molar-refractivity contribution in [2.75, 3.05) is 13.1 Å². The van der Waals surface area contributed by atoms with Gasteiger partial charge in [0.15, 0.2) is 0 Å². The highest BCUT2D eigenvalue weighted by Crippen LogP contribution is 2.29. The number of hydroxylamine groups is 2. The highest BCUT2D eigenvalue weighted by atomic mass is 19.4. The minimum absolute atomic E-state index is 0.108. The predicted molar refractivity (Wildman–Crippen MR) is 138 cm³/mol. The standard InChI is InChI=1S/C29H41F3N2O2/c1-2-3-4-5-6-7-8-9-10-11-20-33-28(35)26-17-15-25(16-18-26)23-34(36)21-19-24-13-12-14-27(22-24)29(30,31)32/h12-18,22,36H,2-11,19-21,23H2,1H3,(H,33,35). The number of amides is 1. The Morgan fingerprint density at radius 2 is 1.47 bits per heavy atom. The van der Waals surface area contributed by atoms with Gasteiger partial charge in [-0.05, 0) is 42.2 Å². The van der Waals surface area contributed by atoms with Crippen LogP contribution in [-0.2, 0) is 19.1 Å². The van der Waals surface area contributed by atoms with Gasteiger partial charge in [-0.15, -0.1) is 0 Å². The molecule has 2 aromatic carbocycles. The van der Waals surface area contributed by atoms with Crippen molar-refractivity contribution in [3.8, 4) is 0 Å². The first-order valence-corrected chi connectivity index (χ1v) is 13.3. The minimum Gasteiger partial charge on any atom is -0.352 e. The van der Waals surface area contributed by atoms with Crippen LogP contribution in [-0.4, -0.2) is 29.3 Å². The van der Waals surface area contributed by atoms with Gasteiger partial charge in [0.25, 0.3) is 5.91 Å². The maximum atomic E-state index is 12.8. The third kappa shape index (κ3) is 12.0. The summed E-state index contributed by atoms with van der Waals surface area (Å²) in [6.07, 6.45) is 8.45. The monoisotopic (exact) mass is 506 g/mol. The molecule has 2 N–H and O–H groups in total. The molecule has 0 spiro atoms. The zero-order valence-corrected chi connectivity index (χ0v) is 21.5. The summed E-state index contributed by atoms with van der Waals surface area (Å²) >= 11 is 0. The lowest BCUT2D eigenvalue weighted by atomic mass is 10.1. The number of nitrogens with zero attached hydrogens (tertiary/aromatic N) is 1. The number of hydrogen-bond acceptors (Lipinski definition) is 3. The quantitative estimate of drug-likeness (QED) is 0.170. The van der Waals surface area contributed by atoms with E-state index < -0.39 is 11.7 Å². The second-order valence-corrected chi connectivity index (χ2v) is 9.47. The van der Waals surface area contributed by atoms with Crippen LogP contribution in [0.2, 0.25) is 0 Å². The van der Waals surface area contributed by atoms with Crippen molar-refractivity contribution in [2.24, 2.45) is 0 Å². The molecule has 0 radical (unpaired) electrons. The molecule has 200 valence electrons. The van der Waals surface area contributed by atoms with Crippen molar-refractivity contribution in [1.29, 1.82) is 0 Å². The second-order valence-electron chi connectivity index (χ2n) is 9.47. The minimum atomic E-state index is -4.38. The highest BCUT2D eigenvalue weighted by Gasteiger charge is 2.30. The normalized spacial score (nSPS) is 11.7. The van der Waals surface area contributed by atoms with E-state index in [4.69, 9.17) is 0 Å². The lowest BCUT2D eigenvalue weighted by Crippen LogP contribution is -2.24. The molecular formula is C29H41F3N2O2. The third-order valence-electron chi connectivity index (χ3n) is 6.31. The molecule has 36 heavy (non-hydrogen) atoms. The number of nitrogens with one attached hydrogen (secondary N) is 1. The molecule has 0 aliphatic carbocycles. The fraction of sp³-hybridized carbons (Fsp3) is 0.552. The zero-order chi connectivity index (χ0) is 26.2. The summed E-state index contributed by atoms with van der Waals surface area (Å²) in [4.78, 5) is 12.3. The van der Waals surface area contributed by atoms with Gasteiger partial charge in [-0.25, -0.2) is 0 Å².